The van der Waals surface area contributed by atoms with E-state index in [1.54, 1.807) is 0 Å². The molecule has 0 aliphatic heterocycles. The van der Waals surface area contributed by atoms with Gasteiger partial charge in [0.05, 0.1) is 19.8 Å². The second-order valence-corrected chi connectivity index (χ2v) is 7.29. The van der Waals surface area contributed by atoms with Gasteiger partial charge in [-0.05, 0) is 67.3 Å². The van der Waals surface area contributed by atoms with Gasteiger partial charge < -0.3 is 14.2 Å². The van der Waals surface area contributed by atoms with Crippen molar-refractivity contribution in [2.24, 2.45) is 0 Å². The van der Waals surface area contributed by atoms with E-state index in [0.29, 0.717) is 13.2 Å². The molecule has 28 heavy (non-hydrogen) atoms. The summed E-state index contributed by atoms with van der Waals surface area (Å²) in [7, 11) is 0. The third kappa shape index (κ3) is 4.55. The number of hydrogen-bond donors (Lipinski definition) is 0. The Morgan fingerprint density at radius 1 is 0.786 bits per heavy atom. The second kappa shape index (κ2) is 8.49. The molecule has 1 aliphatic carbocycles. The summed E-state index contributed by atoms with van der Waals surface area (Å²) >= 11 is 0. The summed E-state index contributed by atoms with van der Waals surface area (Å²) < 4.78 is 17.6. The maximum Gasteiger partial charge on any atom is 0.127 e. The highest BCUT2D eigenvalue weighted by Gasteiger charge is 2.44. The van der Waals surface area contributed by atoms with E-state index in [9.17, 15) is 0 Å². The number of ether oxygens (including phenoxy) is 3. The van der Waals surface area contributed by atoms with E-state index >= 15 is 0 Å². The molecule has 0 amide bonds. The zero-order valence-corrected chi connectivity index (χ0v) is 16.3. The lowest BCUT2D eigenvalue weighted by Crippen LogP contribution is -2.15. The third-order valence-electron chi connectivity index (χ3n) is 5.16. The SMILES string of the molecule is CCOc1ccc(C2(COCc3cccc(Oc4ccccc4)c3)CC2)cc1. The molecule has 3 heteroatoms. The average molecular weight is 374 g/mol. The zero-order chi connectivity index (χ0) is 19.2. The van der Waals surface area contributed by atoms with Gasteiger partial charge in [0.1, 0.15) is 17.2 Å². The van der Waals surface area contributed by atoms with E-state index in [2.05, 4.69) is 30.3 Å². The van der Waals surface area contributed by atoms with Crippen molar-refractivity contribution in [1.82, 2.24) is 0 Å². The van der Waals surface area contributed by atoms with Crippen molar-refractivity contribution in [3.05, 3.63) is 90.0 Å². The number of rotatable bonds is 9. The largest absolute Gasteiger partial charge is 0.494 e. The van der Waals surface area contributed by atoms with Gasteiger partial charge in [0, 0.05) is 5.41 Å². The van der Waals surface area contributed by atoms with Crippen LogP contribution in [0.1, 0.15) is 30.9 Å². The van der Waals surface area contributed by atoms with E-state index in [0.717, 1.165) is 29.4 Å². The van der Waals surface area contributed by atoms with E-state index in [-0.39, 0.29) is 5.41 Å². The molecule has 0 spiro atoms. The Morgan fingerprint density at radius 3 is 2.25 bits per heavy atom. The molecule has 0 atom stereocenters. The Balaban J connectivity index is 1.33. The van der Waals surface area contributed by atoms with Crippen LogP contribution in [-0.4, -0.2) is 13.2 Å². The van der Waals surface area contributed by atoms with Gasteiger partial charge in [-0.15, -0.1) is 0 Å². The first-order valence-electron chi connectivity index (χ1n) is 9.90. The fraction of sp³-hybridized carbons (Fsp3) is 0.280. The van der Waals surface area contributed by atoms with Crippen molar-refractivity contribution in [1.29, 1.82) is 0 Å². The van der Waals surface area contributed by atoms with Crippen LogP contribution >= 0.6 is 0 Å². The Bertz CT molecular complexity index is 883. The molecule has 0 radical (unpaired) electrons. The molecule has 0 N–H and O–H groups in total. The minimum Gasteiger partial charge on any atom is -0.494 e. The molecule has 3 aromatic rings. The minimum atomic E-state index is 0.170. The minimum absolute atomic E-state index is 0.170. The first kappa shape index (κ1) is 18.6. The molecule has 0 aromatic heterocycles. The smallest absolute Gasteiger partial charge is 0.127 e. The van der Waals surface area contributed by atoms with Crippen LogP contribution in [0.2, 0.25) is 0 Å². The predicted molar refractivity (Wildman–Crippen MR) is 111 cm³/mol. The van der Waals surface area contributed by atoms with E-state index in [1.807, 2.05) is 55.5 Å². The Labute approximate surface area is 166 Å². The lowest BCUT2D eigenvalue weighted by atomic mass is 9.97. The molecule has 0 saturated heterocycles. The molecule has 0 bridgehead atoms. The lowest BCUT2D eigenvalue weighted by Gasteiger charge is -2.17. The molecule has 3 aromatic carbocycles. The van der Waals surface area contributed by atoms with Gasteiger partial charge >= 0.3 is 0 Å². The van der Waals surface area contributed by atoms with Gasteiger partial charge in [-0.1, -0.05) is 42.5 Å². The summed E-state index contributed by atoms with van der Waals surface area (Å²) in [6, 6.07) is 26.4. The average Bonchev–Trinajstić information content (AvgIpc) is 3.51. The van der Waals surface area contributed by atoms with Crippen LogP contribution in [-0.2, 0) is 16.8 Å². The van der Waals surface area contributed by atoms with Crippen molar-refractivity contribution in [3.63, 3.8) is 0 Å². The van der Waals surface area contributed by atoms with Crippen LogP contribution in [0.15, 0.2) is 78.9 Å². The van der Waals surface area contributed by atoms with Gasteiger partial charge in [-0.25, -0.2) is 0 Å². The molecule has 0 heterocycles. The first-order chi connectivity index (χ1) is 13.8. The number of hydrogen-bond acceptors (Lipinski definition) is 3. The van der Waals surface area contributed by atoms with Gasteiger partial charge in [0.15, 0.2) is 0 Å². The van der Waals surface area contributed by atoms with Gasteiger partial charge in [-0.3, -0.25) is 0 Å². The first-order valence-corrected chi connectivity index (χ1v) is 9.90. The molecule has 4 rings (SSSR count). The molecular formula is C25H26O3. The summed E-state index contributed by atoms with van der Waals surface area (Å²) in [4.78, 5) is 0. The van der Waals surface area contributed by atoms with Gasteiger partial charge in [0.25, 0.3) is 0 Å². The van der Waals surface area contributed by atoms with Crippen molar-refractivity contribution >= 4 is 0 Å². The number of para-hydroxylation sites is 1. The molecule has 1 fully saturated rings. The Hall–Kier alpha value is -2.78. The second-order valence-electron chi connectivity index (χ2n) is 7.29. The van der Waals surface area contributed by atoms with Crippen molar-refractivity contribution in [2.75, 3.05) is 13.2 Å². The number of benzene rings is 3. The Kier molecular flexibility index (Phi) is 5.63. The van der Waals surface area contributed by atoms with E-state index in [1.165, 1.54) is 18.4 Å². The molecule has 1 aliphatic rings. The van der Waals surface area contributed by atoms with Gasteiger partial charge in [-0.2, -0.15) is 0 Å². The zero-order valence-electron chi connectivity index (χ0n) is 16.3. The Morgan fingerprint density at radius 2 is 1.54 bits per heavy atom. The summed E-state index contributed by atoms with van der Waals surface area (Å²) in [5, 5.41) is 0. The van der Waals surface area contributed by atoms with Crippen LogP contribution in [0, 0.1) is 0 Å². The highest BCUT2D eigenvalue weighted by atomic mass is 16.5. The fourth-order valence-electron chi connectivity index (χ4n) is 3.43. The fourth-order valence-corrected chi connectivity index (χ4v) is 3.43. The highest BCUT2D eigenvalue weighted by Crippen LogP contribution is 2.48. The van der Waals surface area contributed by atoms with Crippen LogP contribution < -0.4 is 9.47 Å². The molecule has 144 valence electrons. The van der Waals surface area contributed by atoms with Crippen LogP contribution in [0.25, 0.3) is 0 Å². The normalized spacial score (nSPS) is 14.5. The van der Waals surface area contributed by atoms with E-state index < -0.39 is 0 Å². The summed E-state index contributed by atoms with van der Waals surface area (Å²) in [6.45, 7) is 4.03. The van der Waals surface area contributed by atoms with Gasteiger partial charge in [0.2, 0.25) is 0 Å². The van der Waals surface area contributed by atoms with Crippen molar-refractivity contribution in [2.45, 2.75) is 31.8 Å². The molecule has 3 nitrogen and oxygen atoms in total. The monoisotopic (exact) mass is 374 g/mol. The molecular weight excluding hydrogens is 348 g/mol. The van der Waals surface area contributed by atoms with Crippen molar-refractivity contribution in [3.8, 4) is 17.2 Å². The summed E-state index contributed by atoms with van der Waals surface area (Å²) in [6.07, 6.45) is 2.36. The lowest BCUT2D eigenvalue weighted by molar-refractivity contribution is 0.100. The summed E-state index contributed by atoms with van der Waals surface area (Å²) in [5.74, 6) is 2.60. The van der Waals surface area contributed by atoms with Crippen molar-refractivity contribution < 1.29 is 14.2 Å². The molecule has 1 saturated carbocycles. The maximum atomic E-state index is 6.10. The quantitative estimate of drug-likeness (QED) is 0.451. The highest BCUT2D eigenvalue weighted by molar-refractivity contribution is 5.36. The van der Waals surface area contributed by atoms with Crippen LogP contribution in [0.3, 0.4) is 0 Å². The van der Waals surface area contributed by atoms with E-state index in [4.69, 9.17) is 14.2 Å². The maximum absolute atomic E-state index is 6.10. The van der Waals surface area contributed by atoms with Crippen LogP contribution in [0.5, 0.6) is 17.2 Å². The summed E-state index contributed by atoms with van der Waals surface area (Å²) in [5.41, 5.74) is 2.64. The van der Waals surface area contributed by atoms with Crippen LogP contribution in [0.4, 0.5) is 0 Å². The third-order valence-corrected chi connectivity index (χ3v) is 5.16. The predicted octanol–water partition coefficient (Wildman–Crippen LogP) is 6.13. The standard InChI is InChI=1S/C25H26O3/c1-2-27-22-13-11-21(12-14-22)25(15-16-25)19-26-18-20-7-6-10-24(17-20)28-23-8-4-3-5-9-23/h3-14,17H,2,15-16,18-19H2,1H3. The molecule has 0 unspecified atom stereocenters. The topological polar surface area (TPSA) is 27.7 Å².